The van der Waals surface area contributed by atoms with E-state index >= 15 is 0 Å². The number of amides is 2. The molecule has 1 fully saturated rings. The van der Waals surface area contributed by atoms with E-state index < -0.39 is 5.76 Å². The Labute approximate surface area is 184 Å². The van der Waals surface area contributed by atoms with Crippen molar-refractivity contribution in [1.29, 1.82) is 0 Å². The lowest BCUT2D eigenvalue weighted by Gasteiger charge is -2.32. The summed E-state index contributed by atoms with van der Waals surface area (Å²) in [5.74, 6) is -0.572. The Morgan fingerprint density at radius 3 is 2.50 bits per heavy atom. The maximum Gasteiger partial charge on any atom is 0.416 e. The summed E-state index contributed by atoms with van der Waals surface area (Å²) in [6, 6.07) is 5.14. The molecule has 0 radical (unpaired) electrons. The number of piperidine rings is 1. The Morgan fingerprint density at radius 1 is 1.23 bits per heavy atom. The predicted octanol–water partition coefficient (Wildman–Crippen LogP) is 3.69. The van der Waals surface area contributed by atoms with Crippen LogP contribution in [0.25, 0.3) is 6.08 Å². The molecule has 30 heavy (non-hydrogen) atoms. The minimum Gasteiger partial charge on any atom is -0.403 e. The molecule has 2 heterocycles. The van der Waals surface area contributed by atoms with Crippen LogP contribution in [-0.2, 0) is 4.79 Å². The first-order valence-corrected chi connectivity index (χ1v) is 10.4. The molecule has 7 nitrogen and oxygen atoms in total. The molecule has 0 saturated carbocycles. The number of hydrogen-bond acceptors (Lipinski definition) is 4. The maximum absolute atomic E-state index is 12.4. The van der Waals surface area contributed by atoms with E-state index in [2.05, 4.69) is 4.98 Å². The Morgan fingerprint density at radius 2 is 1.90 bits per heavy atom. The number of aromatic amines is 1. The number of benzene rings is 1. The van der Waals surface area contributed by atoms with Crippen molar-refractivity contribution in [2.24, 2.45) is 5.92 Å². The second-order valence-corrected chi connectivity index (χ2v) is 8.24. The van der Waals surface area contributed by atoms with Gasteiger partial charge < -0.3 is 14.2 Å². The lowest BCUT2D eigenvalue weighted by atomic mass is 9.93. The van der Waals surface area contributed by atoms with Gasteiger partial charge in [-0.2, -0.15) is 0 Å². The number of carbonyl (C=O) groups is 2. The van der Waals surface area contributed by atoms with Gasteiger partial charge in [-0.25, -0.2) is 4.79 Å². The third kappa shape index (κ3) is 6.00. The number of halogens is 2. The Kier molecular flexibility index (Phi) is 7.39. The highest BCUT2D eigenvalue weighted by Gasteiger charge is 2.23. The molecule has 0 aliphatic carbocycles. The molecule has 2 amide bonds. The van der Waals surface area contributed by atoms with Crippen LogP contribution in [0.3, 0.4) is 0 Å². The quantitative estimate of drug-likeness (QED) is 0.678. The number of oxazole rings is 1. The molecule has 0 unspecified atom stereocenters. The van der Waals surface area contributed by atoms with Crippen LogP contribution < -0.4 is 5.76 Å². The molecule has 9 heteroatoms. The number of nitrogens with zero attached hydrogens (tertiary/aromatic N) is 2. The van der Waals surface area contributed by atoms with Crippen molar-refractivity contribution in [3.63, 3.8) is 0 Å². The van der Waals surface area contributed by atoms with Gasteiger partial charge >= 0.3 is 5.76 Å². The normalized spacial score (nSPS) is 15.0. The van der Waals surface area contributed by atoms with Gasteiger partial charge in [-0.05, 0) is 55.0 Å². The molecule has 1 aromatic heterocycles. The molecule has 1 aliphatic heterocycles. The fraction of sp³-hybridized carbons (Fsp3) is 0.381. The highest BCUT2D eigenvalue weighted by molar-refractivity contribution is 6.34. The SMILES string of the molecule is CN(CCC1CCN(C(=O)C=Cc2cc(Cl)cc(Cl)c2)CC1)C(=O)c1c[nH]c(=O)o1. The summed E-state index contributed by atoms with van der Waals surface area (Å²) in [6.07, 6.45) is 7.12. The zero-order chi connectivity index (χ0) is 21.7. The zero-order valence-corrected chi connectivity index (χ0v) is 18.1. The average Bonchev–Trinajstić information content (AvgIpc) is 3.15. The third-order valence-corrected chi connectivity index (χ3v) is 5.62. The highest BCUT2D eigenvalue weighted by atomic mass is 35.5. The number of aromatic nitrogens is 1. The molecule has 1 aromatic carbocycles. The van der Waals surface area contributed by atoms with Crippen LogP contribution in [0.1, 0.15) is 35.4 Å². The molecule has 1 N–H and O–H groups in total. The lowest BCUT2D eigenvalue weighted by molar-refractivity contribution is -0.127. The topological polar surface area (TPSA) is 86.6 Å². The maximum atomic E-state index is 12.4. The summed E-state index contributed by atoms with van der Waals surface area (Å²) in [5, 5.41) is 1.05. The fourth-order valence-electron chi connectivity index (χ4n) is 3.44. The van der Waals surface area contributed by atoms with Crippen molar-refractivity contribution in [2.75, 3.05) is 26.7 Å². The summed E-state index contributed by atoms with van der Waals surface area (Å²) in [4.78, 5) is 41.4. The van der Waals surface area contributed by atoms with Gasteiger partial charge in [-0.3, -0.25) is 14.6 Å². The zero-order valence-electron chi connectivity index (χ0n) is 16.6. The van der Waals surface area contributed by atoms with Crippen molar-refractivity contribution in [1.82, 2.24) is 14.8 Å². The van der Waals surface area contributed by atoms with E-state index in [9.17, 15) is 14.4 Å². The van der Waals surface area contributed by atoms with E-state index in [4.69, 9.17) is 27.6 Å². The molecule has 0 spiro atoms. The molecule has 0 atom stereocenters. The first-order chi connectivity index (χ1) is 14.3. The second kappa shape index (κ2) is 10.00. The van der Waals surface area contributed by atoms with Crippen LogP contribution in [0, 0.1) is 5.92 Å². The average molecular weight is 452 g/mol. The molecule has 1 saturated heterocycles. The van der Waals surface area contributed by atoms with Crippen LogP contribution in [0.4, 0.5) is 0 Å². The molecular formula is C21H23Cl2N3O4. The molecule has 1 aliphatic rings. The molecule has 2 aromatic rings. The largest absolute Gasteiger partial charge is 0.416 e. The monoisotopic (exact) mass is 451 g/mol. The van der Waals surface area contributed by atoms with Crippen LogP contribution in [0.2, 0.25) is 10.0 Å². The van der Waals surface area contributed by atoms with Crippen LogP contribution in [0.5, 0.6) is 0 Å². The third-order valence-electron chi connectivity index (χ3n) is 5.18. The van der Waals surface area contributed by atoms with Crippen molar-refractivity contribution < 1.29 is 14.0 Å². The number of hydrogen-bond donors (Lipinski definition) is 1. The minimum absolute atomic E-state index is 0.00990. The molecule has 0 bridgehead atoms. The number of likely N-dealkylation sites (tertiary alicyclic amines) is 1. The Bertz CT molecular complexity index is 970. The highest BCUT2D eigenvalue weighted by Crippen LogP contribution is 2.22. The van der Waals surface area contributed by atoms with E-state index in [-0.39, 0.29) is 17.6 Å². The molecule has 160 valence electrons. The number of carbonyl (C=O) groups excluding carboxylic acids is 2. The molecule has 3 rings (SSSR count). The summed E-state index contributed by atoms with van der Waals surface area (Å²) in [6.45, 7) is 1.91. The standard InChI is InChI=1S/C21H23Cl2N3O4/c1-25(20(28)18-13-24-21(29)30-18)7-4-14-5-8-26(9-6-14)19(27)3-2-15-10-16(22)12-17(23)11-15/h2-3,10-14H,4-9H2,1H3,(H,24,29). The van der Waals surface area contributed by atoms with Crippen LogP contribution >= 0.6 is 23.2 Å². The smallest absolute Gasteiger partial charge is 0.403 e. The van der Waals surface area contributed by atoms with Gasteiger partial charge in [-0.1, -0.05) is 23.2 Å². The van der Waals surface area contributed by atoms with Crippen LogP contribution in [-0.4, -0.2) is 53.3 Å². The van der Waals surface area contributed by atoms with Crippen molar-refractivity contribution >= 4 is 41.1 Å². The fourth-order valence-corrected chi connectivity index (χ4v) is 3.98. The van der Waals surface area contributed by atoms with Gasteiger partial charge in [0.1, 0.15) is 0 Å². The first kappa shape index (κ1) is 22.2. The van der Waals surface area contributed by atoms with E-state index in [1.165, 1.54) is 6.20 Å². The number of nitrogens with one attached hydrogen (secondary N) is 1. The predicted molar refractivity (Wildman–Crippen MR) is 116 cm³/mol. The van der Waals surface area contributed by atoms with Gasteiger partial charge in [0.05, 0.1) is 6.20 Å². The van der Waals surface area contributed by atoms with Crippen molar-refractivity contribution in [3.8, 4) is 0 Å². The Hall–Kier alpha value is -2.51. The Balaban J connectivity index is 1.44. The first-order valence-electron chi connectivity index (χ1n) is 9.69. The summed E-state index contributed by atoms with van der Waals surface area (Å²) < 4.78 is 4.80. The van der Waals surface area contributed by atoms with E-state index in [1.54, 1.807) is 42.3 Å². The summed E-state index contributed by atoms with van der Waals surface area (Å²) in [5.41, 5.74) is 0.779. The van der Waals surface area contributed by atoms with E-state index in [0.717, 1.165) is 24.8 Å². The van der Waals surface area contributed by atoms with Crippen molar-refractivity contribution in [2.45, 2.75) is 19.3 Å². The summed E-state index contributed by atoms with van der Waals surface area (Å²) in [7, 11) is 1.68. The lowest BCUT2D eigenvalue weighted by Crippen LogP contribution is -2.38. The minimum atomic E-state index is -0.642. The van der Waals surface area contributed by atoms with Crippen LogP contribution in [0.15, 0.2) is 39.7 Å². The number of H-pyrrole nitrogens is 1. The van der Waals surface area contributed by atoms with E-state index in [0.29, 0.717) is 35.6 Å². The van der Waals surface area contributed by atoms with Gasteiger partial charge in [0.15, 0.2) is 0 Å². The number of rotatable bonds is 6. The van der Waals surface area contributed by atoms with Crippen molar-refractivity contribution in [3.05, 3.63) is 62.4 Å². The van der Waals surface area contributed by atoms with Gasteiger partial charge in [0.2, 0.25) is 11.7 Å². The molecular weight excluding hydrogens is 429 g/mol. The summed E-state index contributed by atoms with van der Waals surface area (Å²) >= 11 is 12.0. The van der Waals surface area contributed by atoms with Gasteiger partial charge in [0, 0.05) is 42.8 Å². The second-order valence-electron chi connectivity index (χ2n) is 7.36. The van der Waals surface area contributed by atoms with Gasteiger partial charge in [-0.15, -0.1) is 0 Å². The van der Waals surface area contributed by atoms with Gasteiger partial charge in [0.25, 0.3) is 5.91 Å². The van der Waals surface area contributed by atoms with E-state index in [1.807, 2.05) is 4.90 Å².